The van der Waals surface area contributed by atoms with Crippen LogP contribution in [0.4, 0.5) is 10.5 Å². The summed E-state index contributed by atoms with van der Waals surface area (Å²) < 4.78 is 17.6. The summed E-state index contributed by atoms with van der Waals surface area (Å²) in [6, 6.07) is 11.1. The third-order valence-corrected chi connectivity index (χ3v) is 5.81. The predicted octanol–water partition coefficient (Wildman–Crippen LogP) is 4.26. The van der Waals surface area contributed by atoms with Crippen molar-refractivity contribution in [3.63, 3.8) is 0 Å². The molecule has 1 aromatic carbocycles. The SMILES string of the molecule is CC1(C)OB(C(=Cc2c(N)ccnc2Cl)CNC(=O)OCc2ccccc2)OC1(C)C. The van der Waals surface area contributed by atoms with Crippen LogP contribution in [0, 0.1) is 0 Å². The minimum Gasteiger partial charge on any atom is -0.445 e. The Morgan fingerprint density at radius 3 is 2.45 bits per heavy atom. The first-order chi connectivity index (χ1) is 14.6. The number of hydrogen-bond acceptors (Lipinski definition) is 6. The number of carbonyl (C=O) groups is 1. The lowest BCUT2D eigenvalue weighted by molar-refractivity contribution is 0.00578. The summed E-state index contributed by atoms with van der Waals surface area (Å²) in [7, 11) is -0.699. The monoisotopic (exact) mass is 443 g/mol. The Balaban J connectivity index is 1.77. The molecule has 0 bridgehead atoms. The Bertz CT molecular complexity index is 930. The molecule has 1 fully saturated rings. The molecule has 1 aromatic heterocycles. The molecule has 0 saturated carbocycles. The molecule has 1 saturated heterocycles. The van der Waals surface area contributed by atoms with Gasteiger partial charge in [-0.3, -0.25) is 0 Å². The van der Waals surface area contributed by atoms with Gasteiger partial charge in [-0.15, -0.1) is 0 Å². The Kier molecular flexibility index (Phi) is 6.94. The van der Waals surface area contributed by atoms with Crippen LogP contribution in [0.2, 0.25) is 5.15 Å². The maximum Gasteiger partial charge on any atom is 0.492 e. The Morgan fingerprint density at radius 1 is 1.19 bits per heavy atom. The van der Waals surface area contributed by atoms with Gasteiger partial charge in [0.15, 0.2) is 0 Å². The van der Waals surface area contributed by atoms with Gasteiger partial charge in [0.1, 0.15) is 11.8 Å². The van der Waals surface area contributed by atoms with E-state index < -0.39 is 24.4 Å². The zero-order chi connectivity index (χ0) is 22.6. The molecule has 0 spiro atoms. The standard InChI is InChI=1S/C22H27BClN3O4/c1-21(2)22(3,4)31-23(30-21)16(12-17-18(25)10-11-26-19(17)24)13-27-20(28)29-14-15-8-6-5-7-9-15/h5-12H,13-14H2,1-4H3,(H2,25,26)(H,27,28). The van der Waals surface area contributed by atoms with Gasteiger partial charge in [0, 0.05) is 24.0 Å². The lowest BCUT2D eigenvalue weighted by atomic mass is 9.77. The van der Waals surface area contributed by atoms with E-state index in [-0.39, 0.29) is 18.3 Å². The Morgan fingerprint density at radius 2 is 1.84 bits per heavy atom. The quantitative estimate of drug-likeness (QED) is 0.511. The van der Waals surface area contributed by atoms with Crippen LogP contribution in [-0.2, 0) is 20.7 Å². The summed E-state index contributed by atoms with van der Waals surface area (Å²) in [4.78, 5) is 16.4. The second-order valence-electron chi connectivity index (χ2n) is 8.33. The van der Waals surface area contributed by atoms with Crippen molar-refractivity contribution in [2.75, 3.05) is 12.3 Å². The van der Waals surface area contributed by atoms with Crippen molar-refractivity contribution < 1.29 is 18.8 Å². The van der Waals surface area contributed by atoms with Gasteiger partial charge in [-0.1, -0.05) is 48.0 Å². The van der Waals surface area contributed by atoms with E-state index in [4.69, 9.17) is 31.4 Å². The van der Waals surface area contributed by atoms with E-state index in [0.717, 1.165) is 5.56 Å². The number of nitrogen functional groups attached to an aromatic ring is 1. The first-order valence-corrected chi connectivity index (χ1v) is 10.4. The van der Waals surface area contributed by atoms with E-state index >= 15 is 0 Å². The van der Waals surface area contributed by atoms with Gasteiger partial charge in [-0.25, -0.2) is 9.78 Å². The number of nitrogens with zero attached hydrogens (tertiary/aromatic N) is 1. The van der Waals surface area contributed by atoms with Crippen molar-refractivity contribution in [1.82, 2.24) is 10.3 Å². The number of nitrogens with one attached hydrogen (secondary N) is 1. The van der Waals surface area contributed by atoms with E-state index in [2.05, 4.69) is 10.3 Å². The molecule has 7 nitrogen and oxygen atoms in total. The lowest BCUT2D eigenvalue weighted by Crippen LogP contribution is -2.41. The molecular formula is C22H27BClN3O4. The van der Waals surface area contributed by atoms with Gasteiger partial charge in [-0.2, -0.15) is 0 Å². The maximum absolute atomic E-state index is 12.3. The van der Waals surface area contributed by atoms with Crippen molar-refractivity contribution in [3.05, 3.63) is 64.3 Å². The van der Waals surface area contributed by atoms with Crippen LogP contribution >= 0.6 is 11.6 Å². The molecule has 0 radical (unpaired) electrons. The molecule has 9 heteroatoms. The molecule has 2 aromatic rings. The summed E-state index contributed by atoms with van der Waals surface area (Å²) >= 11 is 6.24. The van der Waals surface area contributed by atoms with E-state index in [1.165, 1.54) is 6.20 Å². The number of rotatable bonds is 6. The fourth-order valence-electron chi connectivity index (χ4n) is 2.93. The third kappa shape index (κ3) is 5.58. The van der Waals surface area contributed by atoms with Crippen LogP contribution in [-0.4, -0.2) is 35.9 Å². The topological polar surface area (TPSA) is 95.7 Å². The summed E-state index contributed by atoms with van der Waals surface area (Å²) in [5, 5.41) is 3.00. The average Bonchev–Trinajstić information content (AvgIpc) is 2.93. The minimum absolute atomic E-state index is 0.120. The molecule has 0 unspecified atom stereocenters. The number of hydrogen-bond donors (Lipinski definition) is 2. The predicted molar refractivity (Wildman–Crippen MR) is 122 cm³/mol. The molecule has 0 atom stereocenters. The number of anilines is 1. The molecule has 2 heterocycles. The number of carbonyl (C=O) groups excluding carboxylic acids is 1. The number of ether oxygens (including phenoxy) is 1. The van der Waals surface area contributed by atoms with Gasteiger partial charge in [0.25, 0.3) is 0 Å². The average molecular weight is 444 g/mol. The maximum atomic E-state index is 12.3. The number of amides is 1. The van der Waals surface area contributed by atoms with E-state index in [9.17, 15) is 4.79 Å². The van der Waals surface area contributed by atoms with Crippen LogP contribution in [0.1, 0.15) is 38.8 Å². The lowest BCUT2D eigenvalue weighted by Gasteiger charge is -2.32. The highest BCUT2D eigenvalue weighted by Gasteiger charge is 2.52. The Labute approximate surface area is 188 Å². The normalized spacial score (nSPS) is 17.5. The highest BCUT2D eigenvalue weighted by Crippen LogP contribution is 2.39. The van der Waals surface area contributed by atoms with Crippen LogP contribution in [0.3, 0.4) is 0 Å². The number of alkyl carbamates (subject to hydrolysis) is 1. The van der Waals surface area contributed by atoms with E-state index in [1.807, 2.05) is 58.0 Å². The summed E-state index contributed by atoms with van der Waals surface area (Å²) in [6.45, 7) is 8.11. The zero-order valence-electron chi connectivity index (χ0n) is 18.1. The van der Waals surface area contributed by atoms with Gasteiger partial charge in [0.2, 0.25) is 0 Å². The summed E-state index contributed by atoms with van der Waals surface area (Å²) in [6.07, 6.45) is 2.71. The smallest absolute Gasteiger partial charge is 0.445 e. The second-order valence-corrected chi connectivity index (χ2v) is 8.69. The van der Waals surface area contributed by atoms with Crippen LogP contribution in [0.15, 0.2) is 48.1 Å². The summed E-state index contributed by atoms with van der Waals surface area (Å²) in [5.41, 5.74) is 7.51. The molecule has 3 rings (SSSR count). The minimum atomic E-state index is -0.699. The first kappa shape index (κ1) is 23.1. The number of aromatic nitrogens is 1. The molecule has 164 valence electrons. The van der Waals surface area contributed by atoms with Crippen LogP contribution < -0.4 is 11.1 Å². The number of benzene rings is 1. The van der Waals surface area contributed by atoms with Crippen molar-refractivity contribution in [1.29, 1.82) is 0 Å². The Hall–Kier alpha value is -2.55. The van der Waals surface area contributed by atoms with E-state index in [0.29, 0.717) is 16.7 Å². The molecule has 1 amide bonds. The molecule has 1 aliphatic rings. The third-order valence-electron chi connectivity index (χ3n) is 5.51. The molecule has 31 heavy (non-hydrogen) atoms. The van der Waals surface area contributed by atoms with Gasteiger partial charge in [-0.05, 0) is 44.8 Å². The molecular weight excluding hydrogens is 417 g/mol. The fourth-order valence-corrected chi connectivity index (χ4v) is 3.15. The number of nitrogens with two attached hydrogens (primary N) is 1. The summed E-state index contributed by atoms with van der Waals surface area (Å²) in [5.74, 6) is 0. The molecule has 3 N–H and O–H groups in total. The number of pyridine rings is 1. The van der Waals surface area contributed by atoms with Crippen LogP contribution in [0.5, 0.6) is 0 Å². The second kappa shape index (κ2) is 9.30. The first-order valence-electron chi connectivity index (χ1n) is 10.00. The fraction of sp³-hybridized carbons (Fsp3) is 0.364. The van der Waals surface area contributed by atoms with Gasteiger partial charge < -0.3 is 25.1 Å². The van der Waals surface area contributed by atoms with Gasteiger partial charge >= 0.3 is 13.2 Å². The van der Waals surface area contributed by atoms with Gasteiger partial charge in [0.05, 0.1) is 11.2 Å². The molecule has 0 aliphatic carbocycles. The molecule has 1 aliphatic heterocycles. The van der Waals surface area contributed by atoms with Crippen LogP contribution in [0.25, 0.3) is 6.08 Å². The van der Waals surface area contributed by atoms with E-state index in [1.54, 1.807) is 12.1 Å². The van der Waals surface area contributed by atoms with Crippen molar-refractivity contribution in [2.45, 2.75) is 45.5 Å². The van der Waals surface area contributed by atoms with Crippen molar-refractivity contribution in [2.24, 2.45) is 0 Å². The highest BCUT2D eigenvalue weighted by molar-refractivity contribution is 6.56. The van der Waals surface area contributed by atoms with Crippen molar-refractivity contribution >= 4 is 36.6 Å². The number of halogens is 1. The zero-order valence-corrected chi connectivity index (χ0v) is 18.9. The van der Waals surface area contributed by atoms with Crippen molar-refractivity contribution in [3.8, 4) is 0 Å². The highest BCUT2D eigenvalue weighted by atomic mass is 35.5. The largest absolute Gasteiger partial charge is 0.492 e.